The van der Waals surface area contributed by atoms with E-state index >= 15 is 0 Å². The van der Waals surface area contributed by atoms with Gasteiger partial charge in [-0.2, -0.15) is 10.1 Å². The van der Waals surface area contributed by atoms with Gasteiger partial charge in [0.1, 0.15) is 0 Å². The van der Waals surface area contributed by atoms with Gasteiger partial charge in [-0.3, -0.25) is 4.84 Å². The van der Waals surface area contributed by atoms with E-state index in [2.05, 4.69) is 0 Å². The van der Waals surface area contributed by atoms with Crippen molar-refractivity contribution in [3.8, 4) is 0 Å². The summed E-state index contributed by atoms with van der Waals surface area (Å²) in [7, 11) is 1.65. The molecule has 0 aromatic carbocycles. The Morgan fingerprint density at radius 1 is 1.23 bits per heavy atom. The van der Waals surface area contributed by atoms with Crippen LogP contribution in [0, 0.1) is 5.92 Å². The van der Waals surface area contributed by atoms with Gasteiger partial charge in [-0.1, -0.05) is 26.7 Å². The monoisotopic (exact) mass is 314 g/mol. The molecule has 0 radical (unpaired) electrons. The summed E-state index contributed by atoms with van der Waals surface area (Å²) in [4.78, 5) is 6.07. The number of hydrogen-bond donors (Lipinski definition) is 2. The molecule has 3 rings (SSSR count). The van der Waals surface area contributed by atoms with E-state index in [1.165, 1.54) is 5.06 Å². The van der Waals surface area contributed by atoms with Crippen LogP contribution in [0.25, 0.3) is 0 Å². The van der Waals surface area contributed by atoms with Crippen LogP contribution in [0.5, 0.6) is 0 Å². The topological polar surface area (TPSA) is 65.4 Å². The van der Waals surface area contributed by atoms with Crippen LogP contribution in [-0.2, 0) is 9.57 Å². The molecule has 0 unspecified atom stereocenters. The molecule has 0 bridgehead atoms. The average Bonchev–Trinajstić information content (AvgIpc) is 2.93. The van der Waals surface area contributed by atoms with Crippen molar-refractivity contribution in [3.05, 3.63) is 0 Å². The Morgan fingerprint density at radius 3 is 2.36 bits per heavy atom. The van der Waals surface area contributed by atoms with E-state index in [0.717, 1.165) is 25.7 Å². The van der Waals surface area contributed by atoms with Crippen LogP contribution >= 0.6 is 0 Å². The molecule has 0 aromatic heterocycles. The van der Waals surface area contributed by atoms with Gasteiger partial charge in [-0.05, 0) is 26.7 Å². The van der Waals surface area contributed by atoms with Gasteiger partial charge in [-0.25, -0.2) is 0 Å². The summed E-state index contributed by atoms with van der Waals surface area (Å²) in [5, 5.41) is 25.3. The van der Waals surface area contributed by atoms with Crippen LogP contribution in [0.15, 0.2) is 0 Å². The molecule has 6 heteroatoms. The van der Waals surface area contributed by atoms with Gasteiger partial charge < -0.3 is 15.1 Å². The van der Waals surface area contributed by atoms with Crippen LogP contribution in [0.4, 0.5) is 0 Å². The maximum atomic E-state index is 11.0. The Kier molecular flexibility index (Phi) is 3.87. The first kappa shape index (κ1) is 16.6. The van der Waals surface area contributed by atoms with Crippen molar-refractivity contribution in [3.63, 3.8) is 0 Å². The lowest BCUT2D eigenvalue weighted by molar-refractivity contribution is -0.338. The fourth-order valence-corrected chi connectivity index (χ4v) is 4.39. The predicted molar refractivity (Wildman–Crippen MR) is 80.8 cm³/mol. The molecule has 2 N–H and O–H groups in total. The van der Waals surface area contributed by atoms with E-state index < -0.39 is 17.1 Å². The van der Waals surface area contributed by atoms with Crippen molar-refractivity contribution in [1.82, 2.24) is 10.1 Å². The molecule has 3 aliphatic rings. The van der Waals surface area contributed by atoms with E-state index in [9.17, 15) is 10.3 Å². The molecule has 1 saturated carbocycles. The molecule has 128 valence electrons. The van der Waals surface area contributed by atoms with Crippen LogP contribution in [0.1, 0.15) is 59.8 Å². The summed E-state index contributed by atoms with van der Waals surface area (Å²) in [6.45, 7) is 7.79. The van der Waals surface area contributed by atoms with Gasteiger partial charge in [-0.15, -0.1) is 0 Å². The van der Waals surface area contributed by atoms with Gasteiger partial charge in [0.15, 0.2) is 11.4 Å². The number of hydroxylamine groups is 4. The highest BCUT2D eigenvalue weighted by molar-refractivity contribution is 5.14. The molecule has 2 aliphatic heterocycles. The summed E-state index contributed by atoms with van der Waals surface area (Å²) >= 11 is 0. The Labute approximate surface area is 132 Å². The highest BCUT2D eigenvalue weighted by atomic mass is 16.8. The fraction of sp³-hybridized carbons (Fsp3) is 1.00. The maximum absolute atomic E-state index is 11.0. The number of methoxy groups -OCH3 is 1. The second-order valence-electron chi connectivity index (χ2n) is 7.89. The first-order valence-electron chi connectivity index (χ1n) is 8.44. The lowest BCUT2D eigenvalue weighted by Gasteiger charge is -2.46. The van der Waals surface area contributed by atoms with Crippen LogP contribution in [-0.4, -0.2) is 56.7 Å². The van der Waals surface area contributed by atoms with Gasteiger partial charge in [0.25, 0.3) is 0 Å². The molecule has 2 saturated heterocycles. The SMILES string of the molecule is COC(C)(C)[C@@]12C[C@@](O)(C(C)C)ON1[C@@H]1CCCC[C@@H]1N2O. The second-order valence-corrected chi connectivity index (χ2v) is 7.89. The third-order valence-electron chi connectivity index (χ3n) is 6.19. The smallest absolute Gasteiger partial charge is 0.191 e. The number of nitrogens with zero attached hydrogens (tertiary/aromatic N) is 2. The molecule has 0 aromatic rings. The molecular formula is C16H30N2O4. The van der Waals surface area contributed by atoms with Crippen molar-refractivity contribution >= 4 is 0 Å². The van der Waals surface area contributed by atoms with Gasteiger partial charge in [0, 0.05) is 19.4 Å². The molecule has 22 heavy (non-hydrogen) atoms. The minimum absolute atomic E-state index is 0.0416. The predicted octanol–water partition coefficient (Wildman–Crippen LogP) is 2.11. The van der Waals surface area contributed by atoms with Crippen LogP contribution in [0.3, 0.4) is 0 Å². The average molecular weight is 314 g/mol. The lowest BCUT2D eigenvalue weighted by atomic mass is 9.82. The Balaban J connectivity index is 2.07. The first-order valence-corrected chi connectivity index (χ1v) is 8.44. The van der Waals surface area contributed by atoms with E-state index in [1.54, 1.807) is 7.11 Å². The largest absolute Gasteiger partial charge is 0.375 e. The van der Waals surface area contributed by atoms with Crippen molar-refractivity contribution in [1.29, 1.82) is 0 Å². The van der Waals surface area contributed by atoms with Gasteiger partial charge in [0.2, 0.25) is 0 Å². The van der Waals surface area contributed by atoms with E-state index in [4.69, 9.17) is 9.57 Å². The zero-order valence-corrected chi connectivity index (χ0v) is 14.4. The molecule has 6 nitrogen and oxygen atoms in total. The van der Waals surface area contributed by atoms with Gasteiger partial charge in [0.05, 0.1) is 17.7 Å². The first-order chi connectivity index (χ1) is 10.2. The quantitative estimate of drug-likeness (QED) is 0.832. The van der Waals surface area contributed by atoms with Crippen molar-refractivity contribution in [2.45, 2.75) is 88.9 Å². The Hall–Kier alpha value is -0.240. The maximum Gasteiger partial charge on any atom is 0.191 e. The van der Waals surface area contributed by atoms with Gasteiger partial charge >= 0.3 is 0 Å². The van der Waals surface area contributed by atoms with Crippen molar-refractivity contribution in [2.24, 2.45) is 5.92 Å². The normalized spacial score (nSPS) is 43.6. The van der Waals surface area contributed by atoms with Crippen LogP contribution < -0.4 is 0 Å². The summed E-state index contributed by atoms with van der Waals surface area (Å²) < 4.78 is 5.74. The number of hydrogen-bond acceptors (Lipinski definition) is 6. The third-order valence-corrected chi connectivity index (χ3v) is 6.19. The fourth-order valence-electron chi connectivity index (χ4n) is 4.39. The summed E-state index contributed by atoms with van der Waals surface area (Å²) in [6, 6.07) is 0.140. The molecule has 1 aliphatic carbocycles. The Morgan fingerprint density at radius 2 is 1.82 bits per heavy atom. The molecule has 0 amide bonds. The molecule has 4 atom stereocenters. The summed E-state index contributed by atoms with van der Waals surface area (Å²) in [5.41, 5.74) is -1.54. The minimum atomic E-state index is -1.28. The summed E-state index contributed by atoms with van der Waals surface area (Å²) in [5.74, 6) is -1.35. The third kappa shape index (κ3) is 1.95. The molecule has 3 fully saturated rings. The molecular weight excluding hydrogens is 284 g/mol. The van der Waals surface area contributed by atoms with Crippen molar-refractivity contribution in [2.75, 3.05) is 7.11 Å². The number of rotatable bonds is 3. The standard InChI is InChI=1S/C16H30N2O4/c1-11(2)15(19)10-16(14(3,4)21-5)17(20)12-8-6-7-9-13(12)18(16)22-15/h11-13,19-20H,6-10H2,1-5H3/t12-,13+,15-,16+/m0/s1. The number of ether oxygens (including phenoxy) is 1. The lowest BCUT2D eigenvalue weighted by Crippen LogP contribution is -2.64. The van der Waals surface area contributed by atoms with Crippen molar-refractivity contribution < 1.29 is 19.9 Å². The van der Waals surface area contributed by atoms with E-state index in [0.29, 0.717) is 6.42 Å². The number of aliphatic hydroxyl groups is 1. The Bertz CT molecular complexity index is 444. The molecule has 2 heterocycles. The highest BCUT2D eigenvalue weighted by Gasteiger charge is 2.73. The van der Waals surface area contributed by atoms with E-state index in [1.807, 2.05) is 32.8 Å². The summed E-state index contributed by atoms with van der Waals surface area (Å²) in [6.07, 6.45) is 4.46. The zero-order chi connectivity index (χ0) is 16.3. The number of fused-ring (bicyclic) bond motifs is 3. The minimum Gasteiger partial charge on any atom is -0.375 e. The zero-order valence-electron chi connectivity index (χ0n) is 14.4. The second kappa shape index (κ2) is 5.13. The highest BCUT2D eigenvalue weighted by Crippen LogP contribution is 2.56. The van der Waals surface area contributed by atoms with Crippen LogP contribution in [0.2, 0.25) is 0 Å². The van der Waals surface area contributed by atoms with E-state index in [-0.39, 0.29) is 18.0 Å². The molecule has 0 spiro atoms.